The van der Waals surface area contributed by atoms with Crippen LogP contribution in [0.25, 0.3) is 10.9 Å². The van der Waals surface area contributed by atoms with Gasteiger partial charge < -0.3 is 15.6 Å². The molecule has 0 aliphatic heterocycles. The number of carbonyl (C=O) groups excluding carboxylic acids is 1. The van der Waals surface area contributed by atoms with Crippen LogP contribution in [-0.4, -0.2) is 27.3 Å². The Morgan fingerprint density at radius 2 is 1.97 bits per heavy atom. The van der Waals surface area contributed by atoms with Gasteiger partial charge in [-0.25, -0.2) is 4.98 Å². The molecule has 1 amide bonds. The Morgan fingerprint density at radius 3 is 2.76 bits per heavy atom. The third-order valence-electron chi connectivity index (χ3n) is 4.42. The van der Waals surface area contributed by atoms with E-state index in [2.05, 4.69) is 26.7 Å². The van der Waals surface area contributed by atoms with E-state index in [4.69, 9.17) is 0 Å². The highest BCUT2D eigenvalue weighted by atomic mass is 32.1. The number of carbonyl (C=O) groups is 1. The molecule has 3 N–H and O–H groups in total. The number of H-pyrrole nitrogens is 1. The summed E-state index contributed by atoms with van der Waals surface area (Å²) < 4.78 is 0. The molecule has 9 heteroatoms. The largest absolute Gasteiger partial charge is 0.361 e. The van der Waals surface area contributed by atoms with Gasteiger partial charge in [-0.05, 0) is 30.2 Å². The molecule has 2 aromatic carbocycles. The summed E-state index contributed by atoms with van der Waals surface area (Å²) >= 11 is 1.29. The number of nitrogens with zero attached hydrogens (tertiary/aromatic N) is 2. The number of hydrogen-bond acceptors (Lipinski definition) is 6. The SMILES string of the molecule is O=C(NCCc1c[nH]c2ccccc12)c1csc(Nc2ccc([N+](=O)[O-])cc2)n1. The number of fused-ring (bicyclic) bond motifs is 1. The summed E-state index contributed by atoms with van der Waals surface area (Å²) in [5.74, 6) is -0.238. The van der Waals surface area contributed by atoms with Crippen molar-refractivity contribution in [3.05, 3.63) is 81.5 Å². The number of nitrogens with one attached hydrogen (secondary N) is 3. The first-order valence-corrected chi connectivity index (χ1v) is 9.78. The molecule has 29 heavy (non-hydrogen) atoms. The van der Waals surface area contributed by atoms with Crippen LogP contribution in [-0.2, 0) is 6.42 Å². The van der Waals surface area contributed by atoms with Crippen LogP contribution in [0, 0.1) is 10.1 Å². The number of nitro benzene ring substituents is 1. The molecule has 0 saturated heterocycles. The third-order valence-corrected chi connectivity index (χ3v) is 5.18. The lowest BCUT2D eigenvalue weighted by molar-refractivity contribution is -0.384. The van der Waals surface area contributed by atoms with E-state index in [-0.39, 0.29) is 11.6 Å². The van der Waals surface area contributed by atoms with Crippen molar-refractivity contribution in [1.29, 1.82) is 0 Å². The highest BCUT2D eigenvalue weighted by molar-refractivity contribution is 7.14. The highest BCUT2D eigenvalue weighted by Crippen LogP contribution is 2.23. The standard InChI is InChI=1S/C20H17N5O3S/c26-19(21-10-9-13-11-22-17-4-2-1-3-16(13)17)18-12-29-20(24-18)23-14-5-7-15(8-6-14)25(27)28/h1-8,11-12,22H,9-10H2,(H,21,26)(H,23,24). The maximum absolute atomic E-state index is 12.3. The van der Waals surface area contributed by atoms with Crippen LogP contribution < -0.4 is 10.6 Å². The molecule has 0 saturated carbocycles. The summed E-state index contributed by atoms with van der Waals surface area (Å²) in [7, 11) is 0. The van der Waals surface area contributed by atoms with Gasteiger partial charge in [0.25, 0.3) is 11.6 Å². The van der Waals surface area contributed by atoms with Crippen molar-refractivity contribution < 1.29 is 9.72 Å². The number of thiazole rings is 1. The van der Waals surface area contributed by atoms with Crippen LogP contribution in [0.3, 0.4) is 0 Å². The average molecular weight is 407 g/mol. The molecule has 0 unspecified atom stereocenters. The zero-order valence-electron chi connectivity index (χ0n) is 15.2. The van der Waals surface area contributed by atoms with Crippen molar-refractivity contribution in [1.82, 2.24) is 15.3 Å². The molecule has 2 heterocycles. The number of benzene rings is 2. The zero-order valence-corrected chi connectivity index (χ0v) is 16.0. The normalized spacial score (nSPS) is 10.8. The fraction of sp³-hybridized carbons (Fsp3) is 0.100. The molecule has 0 bridgehead atoms. The van der Waals surface area contributed by atoms with Crippen LogP contribution in [0.2, 0.25) is 0 Å². The number of anilines is 2. The molecule has 2 aromatic heterocycles. The van der Waals surface area contributed by atoms with Gasteiger partial charge in [0.05, 0.1) is 4.92 Å². The van der Waals surface area contributed by atoms with E-state index in [0.29, 0.717) is 29.5 Å². The Balaban J connectivity index is 1.32. The smallest absolute Gasteiger partial charge is 0.270 e. The molecule has 0 fully saturated rings. The van der Waals surface area contributed by atoms with E-state index in [9.17, 15) is 14.9 Å². The second-order valence-electron chi connectivity index (χ2n) is 6.33. The summed E-state index contributed by atoms with van der Waals surface area (Å²) in [4.78, 5) is 30.1. The van der Waals surface area contributed by atoms with Gasteiger partial charge in [0.1, 0.15) is 5.69 Å². The van der Waals surface area contributed by atoms with Crippen molar-refractivity contribution in [3.63, 3.8) is 0 Å². The van der Waals surface area contributed by atoms with Crippen molar-refractivity contribution in [2.75, 3.05) is 11.9 Å². The fourth-order valence-corrected chi connectivity index (χ4v) is 3.68. The minimum atomic E-state index is -0.452. The number of aromatic nitrogens is 2. The number of hydrogen-bond donors (Lipinski definition) is 3. The van der Waals surface area contributed by atoms with E-state index in [1.807, 2.05) is 24.4 Å². The minimum Gasteiger partial charge on any atom is -0.361 e. The molecule has 0 radical (unpaired) electrons. The molecule has 0 aliphatic carbocycles. The lowest BCUT2D eigenvalue weighted by Crippen LogP contribution is -2.25. The predicted octanol–water partition coefficient (Wildman–Crippen LogP) is 4.25. The van der Waals surface area contributed by atoms with Gasteiger partial charge >= 0.3 is 0 Å². The van der Waals surface area contributed by atoms with Gasteiger partial charge in [-0.2, -0.15) is 0 Å². The second-order valence-corrected chi connectivity index (χ2v) is 7.19. The number of nitro groups is 1. The first kappa shape index (κ1) is 18.6. The lowest BCUT2D eigenvalue weighted by Gasteiger charge is -2.03. The number of rotatable bonds is 7. The third kappa shape index (κ3) is 4.25. The summed E-state index contributed by atoms with van der Waals surface area (Å²) in [6.45, 7) is 0.503. The molecule has 4 rings (SSSR count). The molecule has 0 aliphatic rings. The van der Waals surface area contributed by atoms with Crippen LogP contribution in [0.15, 0.2) is 60.1 Å². The van der Waals surface area contributed by atoms with Crippen LogP contribution in [0.1, 0.15) is 16.1 Å². The molecular formula is C20H17N5O3S. The van der Waals surface area contributed by atoms with Gasteiger partial charge in [0.2, 0.25) is 0 Å². The topological polar surface area (TPSA) is 113 Å². The van der Waals surface area contributed by atoms with Crippen molar-refractivity contribution in [2.45, 2.75) is 6.42 Å². The van der Waals surface area contributed by atoms with Crippen LogP contribution in [0.4, 0.5) is 16.5 Å². The maximum atomic E-state index is 12.3. The van der Waals surface area contributed by atoms with E-state index < -0.39 is 4.92 Å². The molecule has 4 aromatic rings. The van der Waals surface area contributed by atoms with Crippen molar-refractivity contribution in [3.8, 4) is 0 Å². The monoisotopic (exact) mass is 407 g/mol. The Kier molecular flexibility index (Phi) is 5.21. The predicted molar refractivity (Wildman–Crippen MR) is 113 cm³/mol. The van der Waals surface area contributed by atoms with E-state index in [1.54, 1.807) is 17.5 Å². The van der Waals surface area contributed by atoms with Crippen LogP contribution >= 0.6 is 11.3 Å². The quantitative estimate of drug-likeness (QED) is 0.313. The average Bonchev–Trinajstić information content (AvgIpc) is 3.36. The first-order chi connectivity index (χ1) is 14.1. The Hall–Kier alpha value is -3.72. The van der Waals surface area contributed by atoms with Crippen LogP contribution in [0.5, 0.6) is 0 Å². The summed E-state index contributed by atoms with van der Waals surface area (Å²) in [6, 6.07) is 14.1. The first-order valence-electron chi connectivity index (χ1n) is 8.90. The molecule has 8 nitrogen and oxygen atoms in total. The molecule has 0 spiro atoms. The van der Waals surface area contributed by atoms with Gasteiger partial charge in [0.15, 0.2) is 5.13 Å². The minimum absolute atomic E-state index is 0.0185. The van der Waals surface area contributed by atoms with Gasteiger partial charge in [0, 0.05) is 46.8 Å². The number of aromatic amines is 1. The van der Waals surface area contributed by atoms with Gasteiger partial charge in [-0.3, -0.25) is 14.9 Å². The number of non-ortho nitro benzene ring substituents is 1. The van der Waals surface area contributed by atoms with Gasteiger partial charge in [-0.1, -0.05) is 18.2 Å². The number of para-hydroxylation sites is 1. The van der Waals surface area contributed by atoms with E-state index in [0.717, 1.165) is 16.5 Å². The Labute approximate surface area is 169 Å². The molecular weight excluding hydrogens is 390 g/mol. The lowest BCUT2D eigenvalue weighted by atomic mass is 10.1. The van der Waals surface area contributed by atoms with Crippen molar-refractivity contribution in [2.24, 2.45) is 0 Å². The Morgan fingerprint density at radius 1 is 1.17 bits per heavy atom. The van der Waals surface area contributed by atoms with Gasteiger partial charge in [-0.15, -0.1) is 11.3 Å². The zero-order chi connectivity index (χ0) is 20.2. The number of amides is 1. The fourth-order valence-electron chi connectivity index (χ4n) is 2.97. The molecule has 146 valence electrons. The summed E-state index contributed by atoms with van der Waals surface area (Å²) in [6.07, 6.45) is 2.68. The summed E-state index contributed by atoms with van der Waals surface area (Å²) in [5.41, 5.74) is 3.24. The summed E-state index contributed by atoms with van der Waals surface area (Å²) in [5, 5.41) is 20.0. The van der Waals surface area contributed by atoms with E-state index in [1.165, 1.54) is 23.5 Å². The highest BCUT2D eigenvalue weighted by Gasteiger charge is 2.12. The van der Waals surface area contributed by atoms with E-state index >= 15 is 0 Å². The molecule has 0 atom stereocenters. The Bertz CT molecular complexity index is 1170. The maximum Gasteiger partial charge on any atom is 0.270 e. The van der Waals surface area contributed by atoms with Crippen molar-refractivity contribution >= 4 is 44.7 Å². The second kappa shape index (κ2) is 8.11.